The highest BCUT2D eigenvalue weighted by molar-refractivity contribution is 6.37. The average molecular weight is 542 g/mol. The van der Waals surface area contributed by atoms with E-state index in [1.54, 1.807) is 18.2 Å². The van der Waals surface area contributed by atoms with Crippen LogP contribution in [0.25, 0.3) is 16.9 Å². The second kappa shape index (κ2) is 9.78. The van der Waals surface area contributed by atoms with Crippen LogP contribution in [0.5, 0.6) is 5.75 Å². The van der Waals surface area contributed by atoms with Gasteiger partial charge in [-0.05, 0) is 30.7 Å². The summed E-state index contributed by atoms with van der Waals surface area (Å²) >= 11 is 6.34. The number of carbonyl (C=O) groups excluding carboxylic acids is 1. The van der Waals surface area contributed by atoms with Crippen molar-refractivity contribution in [3.05, 3.63) is 88.5 Å². The third-order valence-electron chi connectivity index (χ3n) is 5.59. The fourth-order valence-corrected chi connectivity index (χ4v) is 4.10. The van der Waals surface area contributed by atoms with Crippen molar-refractivity contribution < 1.29 is 22.7 Å². The van der Waals surface area contributed by atoms with E-state index in [1.165, 1.54) is 24.2 Å². The molecule has 0 atom stereocenters. The normalized spacial score (nSPS) is 11.6. The van der Waals surface area contributed by atoms with E-state index in [0.717, 1.165) is 17.2 Å². The third-order valence-corrected chi connectivity index (χ3v) is 5.94. The van der Waals surface area contributed by atoms with Gasteiger partial charge in [-0.1, -0.05) is 53.6 Å². The first-order chi connectivity index (χ1) is 18.1. The number of methoxy groups -OCH3 is 1. The molecule has 0 bridgehead atoms. The Morgan fingerprint density at radius 1 is 1.11 bits per heavy atom. The van der Waals surface area contributed by atoms with Gasteiger partial charge in [0.05, 0.1) is 19.3 Å². The number of carbonyl (C=O) groups is 1. The molecule has 0 fully saturated rings. The first-order valence-electron chi connectivity index (χ1n) is 11.2. The molecule has 2 aromatic carbocycles. The molecule has 5 rings (SSSR count). The minimum absolute atomic E-state index is 0.0194. The molecular weight excluding hydrogens is 523 g/mol. The lowest BCUT2D eigenvalue weighted by Gasteiger charge is -2.11. The SMILES string of the molecule is COc1cccc(-c2cc(C(F)(F)F)n3nc(C(=O)Nc4ncn(Cc5cccc(C)c5)n4)c(Cl)c3n2)c1. The van der Waals surface area contributed by atoms with Gasteiger partial charge in [-0.2, -0.15) is 18.3 Å². The van der Waals surface area contributed by atoms with Crippen LogP contribution in [0.1, 0.15) is 27.3 Å². The Kier molecular flexibility index (Phi) is 6.49. The highest BCUT2D eigenvalue weighted by Gasteiger charge is 2.37. The first kappa shape index (κ1) is 25.2. The molecule has 38 heavy (non-hydrogen) atoms. The van der Waals surface area contributed by atoms with Crippen LogP contribution in [0.3, 0.4) is 0 Å². The van der Waals surface area contributed by atoms with Gasteiger partial charge in [-0.3, -0.25) is 10.1 Å². The van der Waals surface area contributed by atoms with Gasteiger partial charge < -0.3 is 4.74 Å². The topological polar surface area (TPSA) is 99.2 Å². The molecule has 3 heterocycles. The number of alkyl halides is 3. The van der Waals surface area contributed by atoms with Gasteiger partial charge in [0.2, 0.25) is 5.95 Å². The first-order valence-corrected chi connectivity index (χ1v) is 11.6. The monoisotopic (exact) mass is 541 g/mol. The number of fused-ring (bicyclic) bond motifs is 1. The van der Waals surface area contributed by atoms with Crippen molar-refractivity contribution in [2.45, 2.75) is 19.6 Å². The van der Waals surface area contributed by atoms with Gasteiger partial charge in [-0.25, -0.2) is 19.2 Å². The number of benzene rings is 2. The van der Waals surface area contributed by atoms with Crippen molar-refractivity contribution in [1.82, 2.24) is 29.4 Å². The smallest absolute Gasteiger partial charge is 0.433 e. The van der Waals surface area contributed by atoms with Gasteiger partial charge in [0.25, 0.3) is 5.91 Å². The average Bonchev–Trinajstić information content (AvgIpc) is 3.46. The van der Waals surface area contributed by atoms with Crippen LogP contribution in [0.2, 0.25) is 5.02 Å². The summed E-state index contributed by atoms with van der Waals surface area (Å²) in [5.41, 5.74) is 0.470. The van der Waals surface area contributed by atoms with Crippen molar-refractivity contribution in [3.63, 3.8) is 0 Å². The molecule has 0 aliphatic carbocycles. The zero-order valence-electron chi connectivity index (χ0n) is 20.0. The van der Waals surface area contributed by atoms with Gasteiger partial charge in [-0.15, -0.1) is 5.10 Å². The Balaban J connectivity index is 1.47. The summed E-state index contributed by atoms with van der Waals surface area (Å²) < 4.78 is 49.1. The predicted molar refractivity (Wildman–Crippen MR) is 133 cm³/mol. The summed E-state index contributed by atoms with van der Waals surface area (Å²) in [6.45, 7) is 2.37. The molecule has 5 aromatic rings. The van der Waals surface area contributed by atoms with Crippen LogP contribution >= 0.6 is 11.6 Å². The minimum Gasteiger partial charge on any atom is -0.497 e. The molecule has 0 saturated heterocycles. The standard InChI is InChI=1S/C25H19ClF3N7O2/c1-14-5-3-6-15(9-14)12-35-13-30-24(34-35)32-23(37)21-20(26)22-31-18(16-7-4-8-17(10-16)38-2)11-19(25(27,28)29)36(22)33-21/h3-11,13H,12H2,1-2H3,(H,32,34,37). The molecule has 0 aliphatic heterocycles. The van der Waals surface area contributed by atoms with E-state index in [9.17, 15) is 18.0 Å². The van der Waals surface area contributed by atoms with Gasteiger partial charge in [0.15, 0.2) is 17.0 Å². The van der Waals surface area contributed by atoms with E-state index in [4.69, 9.17) is 16.3 Å². The van der Waals surface area contributed by atoms with Crippen LogP contribution in [0.4, 0.5) is 19.1 Å². The summed E-state index contributed by atoms with van der Waals surface area (Å²) in [6.07, 6.45) is -3.39. The number of ether oxygens (including phenoxy) is 1. The Hall–Kier alpha value is -4.45. The molecule has 13 heteroatoms. The maximum absolute atomic E-state index is 14.0. The lowest BCUT2D eigenvalue weighted by atomic mass is 10.1. The summed E-state index contributed by atoms with van der Waals surface area (Å²) in [5, 5.41) is 10.1. The number of amides is 1. The fourth-order valence-electron chi connectivity index (χ4n) is 3.86. The molecule has 0 aliphatic rings. The largest absolute Gasteiger partial charge is 0.497 e. The van der Waals surface area contributed by atoms with Crippen LogP contribution in [-0.4, -0.2) is 42.4 Å². The van der Waals surface area contributed by atoms with E-state index in [-0.39, 0.29) is 22.3 Å². The number of nitrogens with one attached hydrogen (secondary N) is 1. The molecule has 1 N–H and O–H groups in total. The predicted octanol–water partition coefficient (Wildman–Crippen LogP) is 5.28. The Morgan fingerprint density at radius 3 is 2.63 bits per heavy atom. The van der Waals surface area contributed by atoms with Crippen molar-refractivity contribution in [3.8, 4) is 17.0 Å². The molecule has 0 radical (unpaired) electrons. The molecule has 0 unspecified atom stereocenters. The van der Waals surface area contributed by atoms with Crippen LogP contribution in [-0.2, 0) is 12.7 Å². The number of aromatic nitrogens is 6. The minimum atomic E-state index is -4.81. The second-order valence-electron chi connectivity index (χ2n) is 8.36. The summed E-state index contributed by atoms with van der Waals surface area (Å²) in [5.74, 6) is -0.506. The maximum atomic E-state index is 14.0. The van der Waals surface area contributed by atoms with E-state index in [0.29, 0.717) is 22.4 Å². The van der Waals surface area contributed by atoms with Crippen LogP contribution < -0.4 is 10.1 Å². The Morgan fingerprint density at radius 2 is 1.89 bits per heavy atom. The Labute approximate surface area is 218 Å². The number of nitrogens with zero attached hydrogens (tertiary/aromatic N) is 6. The van der Waals surface area contributed by atoms with Crippen molar-refractivity contribution in [2.24, 2.45) is 0 Å². The molecule has 3 aromatic heterocycles. The summed E-state index contributed by atoms with van der Waals surface area (Å²) in [6, 6.07) is 15.0. The molecule has 9 nitrogen and oxygen atoms in total. The van der Waals surface area contributed by atoms with Gasteiger partial charge in [0.1, 0.15) is 17.1 Å². The maximum Gasteiger partial charge on any atom is 0.433 e. The van der Waals surface area contributed by atoms with Crippen molar-refractivity contribution in [2.75, 3.05) is 12.4 Å². The number of halogens is 4. The number of hydrogen-bond donors (Lipinski definition) is 1. The number of rotatable bonds is 6. The van der Waals surface area contributed by atoms with Crippen LogP contribution in [0.15, 0.2) is 60.9 Å². The summed E-state index contributed by atoms with van der Waals surface area (Å²) in [7, 11) is 1.44. The van der Waals surface area contributed by atoms with Gasteiger partial charge in [0, 0.05) is 5.56 Å². The number of aryl methyl sites for hydroxylation is 1. The number of hydrogen-bond acceptors (Lipinski definition) is 6. The Bertz CT molecular complexity index is 1660. The van der Waals surface area contributed by atoms with Crippen molar-refractivity contribution in [1.29, 1.82) is 0 Å². The third kappa shape index (κ3) is 5.02. The number of anilines is 1. The van der Waals surface area contributed by atoms with E-state index >= 15 is 0 Å². The quantitative estimate of drug-likeness (QED) is 0.314. The molecule has 0 spiro atoms. The zero-order valence-corrected chi connectivity index (χ0v) is 20.7. The molecule has 194 valence electrons. The molecule has 0 saturated carbocycles. The summed E-state index contributed by atoms with van der Waals surface area (Å²) in [4.78, 5) is 21.2. The van der Waals surface area contributed by atoms with Crippen molar-refractivity contribution >= 4 is 29.1 Å². The lowest BCUT2D eigenvalue weighted by molar-refractivity contribution is -0.142. The van der Waals surface area contributed by atoms with E-state index < -0.39 is 23.5 Å². The highest BCUT2D eigenvalue weighted by Crippen LogP contribution is 2.35. The fraction of sp³-hybridized carbons (Fsp3) is 0.160. The second-order valence-corrected chi connectivity index (χ2v) is 8.74. The lowest BCUT2D eigenvalue weighted by Crippen LogP contribution is -2.16. The van der Waals surface area contributed by atoms with E-state index in [1.807, 2.05) is 31.2 Å². The zero-order chi connectivity index (χ0) is 27.0. The van der Waals surface area contributed by atoms with Gasteiger partial charge >= 0.3 is 6.18 Å². The van der Waals surface area contributed by atoms with E-state index in [2.05, 4.69) is 25.5 Å². The highest BCUT2D eigenvalue weighted by atomic mass is 35.5. The molecular formula is C25H19ClF3N7O2. The van der Waals surface area contributed by atoms with Crippen LogP contribution in [0, 0.1) is 6.92 Å². The molecule has 1 amide bonds.